The van der Waals surface area contributed by atoms with E-state index < -0.39 is 4.92 Å². The van der Waals surface area contributed by atoms with Crippen LogP contribution in [-0.2, 0) is 0 Å². The highest BCUT2D eigenvalue weighted by Gasteiger charge is 2.17. The molecule has 0 fully saturated rings. The van der Waals surface area contributed by atoms with Crippen molar-refractivity contribution in [3.63, 3.8) is 0 Å². The molecule has 0 N–H and O–H groups in total. The lowest BCUT2D eigenvalue weighted by Crippen LogP contribution is -2.11. The Hall–Kier alpha value is -2.63. The number of benzene rings is 1. The van der Waals surface area contributed by atoms with Gasteiger partial charge in [-0.25, -0.2) is 0 Å². The van der Waals surface area contributed by atoms with E-state index >= 15 is 0 Å². The molecule has 6 nitrogen and oxygen atoms in total. The molecule has 0 saturated carbocycles. The first-order valence-electron chi connectivity index (χ1n) is 5.52. The summed E-state index contributed by atoms with van der Waals surface area (Å²) in [6.45, 7) is 1.43. The average molecular weight is 261 g/mol. The number of ketones is 1. The zero-order valence-corrected chi connectivity index (χ0v) is 10.2. The van der Waals surface area contributed by atoms with Gasteiger partial charge in [0.25, 0.3) is 0 Å². The highest BCUT2D eigenvalue weighted by atomic mass is 16.6. The minimum atomic E-state index is -0.542. The highest BCUT2D eigenvalue weighted by molar-refractivity contribution is 5.94. The van der Waals surface area contributed by atoms with Crippen LogP contribution in [0, 0.1) is 17.0 Å². The second-order valence-electron chi connectivity index (χ2n) is 3.92. The number of carbonyl (C=O) groups excluding carboxylic acids is 1. The maximum atomic E-state index is 11.6. The number of hydrogen-bond acceptors (Lipinski definition) is 5. The summed E-state index contributed by atoms with van der Waals surface area (Å²) in [6, 6.07) is 7.64. The number of ether oxygens (including phenoxy) is 1. The minimum Gasteiger partial charge on any atom is -0.478 e. The first-order chi connectivity index (χ1) is 9.08. The molecule has 19 heavy (non-hydrogen) atoms. The number of rotatable bonds is 5. The molecule has 0 aliphatic carbocycles. The molecule has 0 amide bonds. The van der Waals surface area contributed by atoms with Crippen molar-refractivity contribution in [1.82, 2.24) is 0 Å². The first kappa shape index (κ1) is 12.8. The molecule has 0 radical (unpaired) electrons. The Kier molecular flexibility index (Phi) is 3.61. The van der Waals surface area contributed by atoms with E-state index in [1.807, 2.05) is 0 Å². The van der Waals surface area contributed by atoms with Crippen LogP contribution in [-0.4, -0.2) is 17.3 Å². The number of carbonyl (C=O) groups is 1. The fourth-order valence-electron chi connectivity index (χ4n) is 1.54. The molecular formula is C13H11NO5. The zero-order valence-electron chi connectivity index (χ0n) is 10.2. The van der Waals surface area contributed by atoms with Gasteiger partial charge < -0.3 is 9.15 Å². The Balaban J connectivity index is 2.11. The Bertz CT molecular complexity index is 604. The number of aryl methyl sites for hydroxylation is 1. The van der Waals surface area contributed by atoms with Gasteiger partial charge in [-0.2, -0.15) is 0 Å². The lowest BCUT2D eigenvalue weighted by atomic mass is 10.2. The van der Waals surface area contributed by atoms with Gasteiger partial charge in [-0.15, -0.1) is 0 Å². The van der Waals surface area contributed by atoms with E-state index in [9.17, 15) is 14.9 Å². The van der Waals surface area contributed by atoms with Gasteiger partial charge in [0.2, 0.25) is 5.78 Å². The van der Waals surface area contributed by atoms with Crippen molar-refractivity contribution in [1.29, 1.82) is 0 Å². The van der Waals surface area contributed by atoms with Gasteiger partial charge in [0.1, 0.15) is 0 Å². The number of nitrogens with zero attached hydrogens (tertiary/aromatic N) is 1. The van der Waals surface area contributed by atoms with Crippen LogP contribution in [0.3, 0.4) is 0 Å². The van der Waals surface area contributed by atoms with E-state index in [2.05, 4.69) is 0 Å². The molecule has 0 aliphatic heterocycles. The van der Waals surface area contributed by atoms with Crippen molar-refractivity contribution in [2.45, 2.75) is 6.92 Å². The Morgan fingerprint density at radius 1 is 1.42 bits per heavy atom. The van der Waals surface area contributed by atoms with Gasteiger partial charge in [0.15, 0.2) is 18.1 Å². The molecule has 98 valence electrons. The zero-order chi connectivity index (χ0) is 13.8. The summed E-state index contributed by atoms with van der Waals surface area (Å²) in [5, 5.41) is 10.9. The Morgan fingerprint density at radius 2 is 2.21 bits per heavy atom. The molecule has 2 aromatic rings. The van der Waals surface area contributed by atoms with Crippen molar-refractivity contribution in [2.75, 3.05) is 6.61 Å². The lowest BCUT2D eigenvalue weighted by Gasteiger charge is -2.05. The van der Waals surface area contributed by atoms with Gasteiger partial charge in [0.05, 0.1) is 11.2 Å². The summed E-state index contributed by atoms with van der Waals surface area (Å²) in [7, 11) is 0. The minimum absolute atomic E-state index is 0.0653. The number of Topliss-reactive ketones (excluding diaryl/α,β-unsaturated/α-hetero) is 1. The second kappa shape index (κ2) is 5.34. The summed E-state index contributed by atoms with van der Waals surface area (Å²) >= 11 is 0. The Labute approximate surface area is 108 Å². The third-order valence-corrected chi connectivity index (χ3v) is 2.47. The fourth-order valence-corrected chi connectivity index (χ4v) is 1.54. The van der Waals surface area contributed by atoms with Crippen LogP contribution in [0.2, 0.25) is 0 Å². The molecule has 0 saturated heterocycles. The monoisotopic (exact) mass is 261 g/mol. The Morgan fingerprint density at radius 3 is 2.84 bits per heavy atom. The van der Waals surface area contributed by atoms with Crippen molar-refractivity contribution < 1.29 is 18.9 Å². The number of furan rings is 1. The molecule has 0 spiro atoms. The van der Waals surface area contributed by atoms with Crippen molar-refractivity contribution in [3.8, 4) is 5.75 Å². The normalized spacial score (nSPS) is 10.2. The standard InChI is InChI=1S/C13H11NO5/c1-9-4-5-12(10(7-9)14(16)17)19-8-11(15)13-3-2-6-18-13/h2-7H,8H2,1H3. The van der Waals surface area contributed by atoms with Crippen molar-refractivity contribution >= 4 is 11.5 Å². The predicted molar refractivity (Wildman–Crippen MR) is 66.4 cm³/mol. The quantitative estimate of drug-likeness (QED) is 0.469. The van der Waals surface area contributed by atoms with Crippen LogP contribution in [0.4, 0.5) is 5.69 Å². The molecule has 6 heteroatoms. The topological polar surface area (TPSA) is 82.6 Å². The molecule has 1 aromatic heterocycles. The molecule has 1 heterocycles. The van der Waals surface area contributed by atoms with E-state index in [1.165, 1.54) is 24.5 Å². The average Bonchev–Trinajstić information content (AvgIpc) is 2.90. The predicted octanol–water partition coefficient (Wildman–Crippen LogP) is 2.76. The molecule has 0 unspecified atom stereocenters. The fraction of sp³-hybridized carbons (Fsp3) is 0.154. The van der Waals surface area contributed by atoms with E-state index in [0.29, 0.717) is 0 Å². The van der Waals surface area contributed by atoms with Crippen LogP contribution < -0.4 is 4.74 Å². The van der Waals surface area contributed by atoms with Crippen LogP contribution in [0.5, 0.6) is 5.75 Å². The van der Waals surface area contributed by atoms with Gasteiger partial charge in [-0.05, 0) is 30.7 Å². The van der Waals surface area contributed by atoms with Gasteiger partial charge in [-0.3, -0.25) is 14.9 Å². The van der Waals surface area contributed by atoms with Gasteiger partial charge >= 0.3 is 5.69 Å². The maximum Gasteiger partial charge on any atom is 0.311 e. The molecular weight excluding hydrogens is 250 g/mol. The molecule has 0 atom stereocenters. The van der Waals surface area contributed by atoms with E-state index in [0.717, 1.165) is 5.56 Å². The third kappa shape index (κ3) is 2.98. The lowest BCUT2D eigenvalue weighted by molar-refractivity contribution is -0.385. The molecule has 2 rings (SSSR count). The van der Waals surface area contributed by atoms with Crippen molar-refractivity contribution in [3.05, 3.63) is 58.0 Å². The molecule has 0 bridgehead atoms. The number of nitro groups is 1. The van der Waals surface area contributed by atoms with Crippen molar-refractivity contribution in [2.24, 2.45) is 0 Å². The summed E-state index contributed by atoms with van der Waals surface area (Å²) in [5.74, 6) is -0.148. The van der Waals surface area contributed by atoms with Crippen LogP contribution >= 0.6 is 0 Å². The summed E-state index contributed by atoms with van der Waals surface area (Å²) in [4.78, 5) is 22.0. The summed E-state index contributed by atoms with van der Waals surface area (Å²) in [5.41, 5.74) is 0.587. The van der Waals surface area contributed by atoms with Crippen LogP contribution in [0.25, 0.3) is 0 Å². The summed E-state index contributed by atoms with van der Waals surface area (Å²) in [6.07, 6.45) is 1.38. The number of hydrogen-bond donors (Lipinski definition) is 0. The highest BCUT2D eigenvalue weighted by Crippen LogP contribution is 2.27. The van der Waals surface area contributed by atoms with E-state index in [4.69, 9.17) is 9.15 Å². The summed E-state index contributed by atoms with van der Waals surface area (Å²) < 4.78 is 10.1. The second-order valence-corrected chi connectivity index (χ2v) is 3.92. The largest absolute Gasteiger partial charge is 0.478 e. The third-order valence-electron chi connectivity index (χ3n) is 2.47. The first-order valence-corrected chi connectivity index (χ1v) is 5.52. The van der Waals surface area contributed by atoms with E-state index in [1.54, 1.807) is 19.1 Å². The smallest absolute Gasteiger partial charge is 0.311 e. The molecule has 1 aromatic carbocycles. The molecule has 0 aliphatic rings. The number of nitro benzene ring substituents is 1. The van der Waals surface area contributed by atoms with Crippen LogP contribution in [0.15, 0.2) is 41.0 Å². The van der Waals surface area contributed by atoms with E-state index in [-0.39, 0.29) is 29.6 Å². The SMILES string of the molecule is Cc1ccc(OCC(=O)c2ccco2)c([N+](=O)[O-])c1. The maximum absolute atomic E-state index is 11.6. The van der Waals surface area contributed by atoms with Gasteiger partial charge in [0, 0.05) is 6.07 Å². The van der Waals surface area contributed by atoms with Gasteiger partial charge in [-0.1, -0.05) is 6.07 Å². The van der Waals surface area contributed by atoms with Crippen LogP contribution in [0.1, 0.15) is 16.1 Å².